The summed E-state index contributed by atoms with van der Waals surface area (Å²) < 4.78 is 4.58. The molecule has 57 heavy (non-hydrogen) atoms. The van der Waals surface area contributed by atoms with E-state index in [1.165, 1.54) is 37.8 Å². The maximum absolute atomic E-state index is 5.15. The Hall–Kier alpha value is -7.29. The van der Waals surface area contributed by atoms with Gasteiger partial charge in [0.15, 0.2) is 8.07 Å². The summed E-state index contributed by atoms with van der Waals surface area (Å²) in [5.41, 5.74) is 11.4. The summed E-state index contributed by atoms with van der Waals surface area (Å²) >= 11 is 0. The van der Waals surface area contributed by atoms with Gasteiger partial charge in [-0.25, -0.2) is 4.98 Å². The van der Waals surface area contributed by atoms with Crippen LogP contribution in [-0.4, -0.2) is 29.1 Å². The molecule has 0 radical (unpaired) electrons. The zero-order chi connectivity index (χ0) is 37.5. The molecule has 8 heteroatoms. The van der Waals surface area contributed by atoms with Gasteiger partial charge in [-0.05, 0) is 93.5 Å². The van der Waals surface area contributed by atoms with Gasteiger partial charge < -0.3 is 14.8 Å². The third kappa shape index (κ3) is 4.56. The van der Waals surface area contributed by atoms with E-state index in [0.717, 1.165) is 44.9 Å². The molecule has 4 heterocycles. The van der Waals surface area contributed by atoms with Crippen LogP contribution in [0, 0.1) is 0 Å². The van der Waals surface area contributed by atoms with Crippen LogP contribution in [0.15, 0.2) is 206 Å². The molecule has 0 bridgehead atoms. The zero-order valence-electron chi connectivity index (χ0n) is 30.9. The predicted octanol–water partition coefficient (Wildman–Crippen LogP) is 8.51. The van der Waals surface area contributed by atoms with Gasteiger partial charge in [0.1, 0.15) is 0 Å². The first-order chi connectivity index (χ1) is 28.3. The fourth-order valence-corrected chi connectivity index (χ4v) is 14.3. The quantitative estimate of drug-likeness (QED) is 0.137. The van der Waals surface area contributed by atoms with Crippen LogP contribution in [0.1, 0.15) is 0 Å². The van der Waals surface area contributed by atoms with Crippen molar-refractivity contribution in [2.75, 3.05) is 14.8 Å². The van der Waals surface area contributed by atoms with Crippen LogP contribution in [0.25, 0.3) is 33.5 Å². The number of aromatic nitrogens is 3. The Labute approximate surface area is 331 Å². The Balaban J connectivity index is 1.03. The highest BCUT2D eigenvalue weighted by Crippen LogP contribution is 2.51. The van der Waals surface area contributed by atoms with Crippen molar-refractivity contribution in [1.82, 2.24) is 14.0 Å². The molecule has 0 saturated carbocycles. The van der Waals surface area contributed by atoms with Gasteiger partial charge in [-0.2, -0.15) is 0 Å². The highest BCUT2D eigenvalue weighted by atomic mass is 28.3. The topological polar surface area (TPSA) is 40.7 Å². The number of imidazole rings is 2. The molecule has 6 nitrogen and oxygen atoms in total. The smallest absolute Gasteiger partial charge is 0.387 e. The van der Waals surface area contributed by atoms with Crippen LogP contribution in [0.3, 0.4) is 0 Å². The zero-order valence-corrected chi connectivity index (χ0v) is 31.9. The lowest BCUT2D eigenvalue weighted by Gasteiger charge is -2.35. The van der Waals surface area contributed by atoms with Crippen molar-refractivity contribution in [3.05, 3.63) is 206 Å². The maximum Gasteiger partial charge on any atom is 0.511 e. The molecule has 0 atom stereocenters. The summed E-state index contributed by atoms with van der Waals surface area (Å²) in [5, 5.41) is 9.15. The number of hydrogen-bond donors (Lipinski definition) is 1. The van der Waals surface area contributed by atoms with E-state index >= 15 is 0 Å². The first kappa shape index (κ1) is 32.0. The summed E-state index contributed by atoms with van der Waals surface area (Å²) in [7, 11) is -2.88. The molecule has 10 aromatic rings. The summed E-state index contributed by atoms with van der Waals surface area (Å²) in [5.74, 6) is 0.914. The summed E-state index contributed by atoms with van der Waals surface area (Å²) in [6, 6.07) is 75.4. The Bertz CT molecular complexity index is 3090. The molecule has 12 rings (SSSR count). The van der Waals surface area contributed by atoms with Gasteiger partial charge in [0.2, 0.25) is 5.78 Å². The highest BCUT2D eigenvalue weighted by Gasteiger charge is 2.48. The lowest BCUT2D eigenvalue weighted by molar-refractivity contribution is 1.11. The van der Waals surface area contributed by atoms with Crippen molar-refractivity contribution in [3.8, 4) is 5.69 Å². The molecule has 268 valence electrons. The van der Waals surface area contributed by atoms with Crippen LogP contribution < -0.4 is 35.6 Å². The van der Waals surface area contributed by atoms with Gasteiger partial charge in [0.25, 0.3) is 0 Å². The molecule has 0 unspecified atom stereocenters. The van der Waals surface area contributed by atoms with Crippen LogP contribution >= 0.6 is 0 Å². The number of benzene rings is 8. The van der Waals surface area contributed by atoms with E-state index < -0.39 is 8.07 Å². The number of nitrogens with zero attached hydrogens (tertiary/aromatic N) is 5. The van der Waals surface area contributed by atoms with E-state index in [0.29, 0.717) is 0 Å². The van der Waals surface area contributed by atoms with Crippen LogP contribution in [-0.2, 0) is 0 Å². The monoisotopic (exact) mass is 746 g/mol. The largest absolute Gasteiger partial charge is 0.511 e. The van der Waals surface area contributed by atoms with Crippen molar-refractivity contribution in [2.45, 2.75) is 0 Å². The molecular weight excluding hydrogens is 711 g/mol. The van der Waals surface area contributed by atoms with Gasteiger partial charge in [-0.3, -0.25) is 8.97 Å². The molecule has 0 amide bonds. The minimum atomic E-state index is -2.83. The van der Waals surface area contributed by atoms with Crippen molar-refractivity contribution in [2.24, 2.45) is 0 Å². The molecule has 1 N–H and O–H groups in total. The standard InChI is InChI=1S/C49H35BN6Si/c1-3-15-37(16-4-1)57(38-17-5-2-6-18-38,39-31-27-35(28-32-39)53-45-23-11-12-24-46(45)54-43-21-9-7-19-41(43)51-49(53)54)40-33-29-36(30-34-40)55-47-25-13-14-26-48(47)56-44-22-10-8-20-42(44)52-50(55)56/h1-34,52H. The first-order valence-corrected chi connectivity index (χ1v) is 21.5. The third-order valence-corrected chi connectivity index (χ3v) is 16.8. The molecule has 2 aromatic heterocycles. The average Bonchev–Trinajstić information content (AvgIpc) is 4.02. The normalized spacial score (nSPS) is 13.3. The van der Waals surface area contributed by atoms with Crippen LogP contribution in [0.2, 0.25) is 0 Å². The van der Waals surface area contributed by atoms with E-state index in [-0.39, 0.29) is 7.12 Å². The Kier molecular flexibility index (Phi) is 6.94. The van der Waals surface area contributed by atoms with E-state index in [1.54, 1.807) is 0 Å². The number of fused-ring (bicyclic) bond motifs is 10. The molecular formula is C49H35BN6Si. The minimum absolute atomic E-state index is 0.0488. The molecule has 2 aliphatic rings. The van der Waals surface area contributed by atoms with E-state index in [9.17, 15) is 0 Å². The number of para-hydroxylation sites is 8. The Morgan fingerprint density at radius 3 is 1.56 bits per heavy atom. The van der Waals surface area contributed by atoms with Crippen molar-refractivity contribution >= 4 is 92.2 Å². The number of anilines is 5. The van der Waals surface area contributed by atoms with Crippen molar-refractivity contribution in [1.29, 1.82) is 0 Å². The first-order valence-electron chi connectivity index (χ1n) is 19.5. The maximum atomic E-state index is 5.15. The summed E-state index contributed by atoms with van der Waals surface area (Å²) in [4.78, 5) is 10.0. The van der Waals surface area contributed by atoms with Crippen LogP contribution in [0.4, 0.5) is 28.4 Å². The fourth-order valence-electron chi connectivity index (χ4n) is 9.58. The van der Waals surface area contributed by atoms with Crippen LogP contribution in [0.5, 0.6) is 0 Å². The Morgan fingerprint density at radius 2 is 0.895 bits per heavy atom. The van der Waals surface area contributed by atoms with E-state index in [4.69, 9.17) is 4.98 Å². The number of nitrogens with one attached hydrogen (secondary N) is 1. The van der Waals surface area contributed by atoms with Gasteiger partial charge in [-0.1, -0.05) is 133 Å². The van der Waals surface area contributed by atoms with Gasteiger partial charge in [0.05, 0.1) is 39.1 Å². The molecule has 0 aliphatic carbocycles. The van der Waals surface area contributed by atoms with Crippen molar-refractivity contribution in [3.63, 3.8) is 0 Å². The van der Waals surface area contributed by atoms with Crippen molar-refractivity contribution < 1.29 is 0 Å². The van der Waals surface area contributed by atoms with Gasteiger partial charge in [0, 0.05) is 17.1 Å². The van der Waals surface area contributed by atoms with E-state index in [2.05, 4.69) is 230 Å². The lowest BCUT2D eigenvalue weighted by Crippen LogP contribution is -2.74. The number of rotatable bonds is 6. The summed E-state index contributed by atoms with van der Waals surface area (Å²) in [6.07, 6.45) is 0. The minimum Gasteiger partial charge on any atom is -0.387 e. The lowest BCUT2D eigenvalue weighted by atomic mass is 9.90. The second kappa shape index (κ2) is 12.4. The molecule has 8 aromatic carbocycles. The van der Waals surface area contributed by atoms with Gasteiger partial charge >= 0.3 is 7.12 Å². The second-order valence-electron chi connectivity index (χ2n) is 14.9. The molecule has 2 aliphatic heterocycles. The molecule has 0 spiro atoms. The van der Waals surface area contributed by atoms with E-state index in [1.807, 2.05) is 0 Å². The fraction of sp³-hybridized carbons (Fsp3) is 0. The molecule has 0 saturated heterocycles. The molecule has 0 fully saturated rings. The number of hydrogen-bond acceptors (Lipinski definition) is 4. The van der Waals surface area contributed by atoms with Gasteiger partial charge in [-0.15, -0.1) is 0 Å². The highest BCUT2D eigenvalue weighted by molar-refractivity contribution is 7.19. The second-order valence-corrected chi connectivity index (χ2v) is 18.7. The predicted molar refractivity (Wildman–Crippen MR) is 240 cm³/mol. The average molecular weight is 747 g/mol. The Morgan fingerprint density at radius 1 is 0.404 bits per heavy atom. The summed E-state index contributed by atoms with van der Waals surface area (Å²) in [6.45, 7) is 0. The third-order valence-electron chi connectivity index (χ3n) is 12.0. The SMILES string of the molecule is c1ccc([Si](c2ccccc2)(c2ccc(N3B4Nc5ccccc5N4c4ccccc43)cc2)c2ccc(-n3c4ccccc4n4c5ccccc5nc34)cc2)cc1.